The summed E-state index contributed by atoms with van der Waals surface area (Å²) in [6, 6.07) is 0. The maximum Gasteiger partial charge on any atom is 0.0755 e. The van der Waals surface area contributed by atoms with Crippen LogP contribution in [0.15, 0.2) is 12.2 Å². The van der Waals surface area contributed by atoms with Crippen molar-refractivity contribution in [2.75, 3.05) is 0 Å². The summed E-state index contributed by atoms with van der Waals surface area (Å²) >= 11 is 0. The zero-order valence-corrected chi connectivity index (χ0v) is 9.87. The summed E-state index contributed by atoms with van der Waals surface area (Å²) in [6.45, 7) is 3.89. The minimum Gasteiger partial charge on any atom is -0.389 e. The largest absolute Gasteiger partial charge is 0.389 e. The van der Waals surface area contributed by atoms with Crippen molar-refractivity contribution in [3.8, 4) is 11.8 Å². The molecule has 0 aromatic carbocycles. The lowest BCUT2D eigenvalue weighted by atomic mass is 9.98. The molecule has 0 heterocycles. The zero-order chi connectivity index (χ0) is 11.1. The fourth-order valence-electron chi connectivity index (χ4n) is 1.99. The fourth-order valence-corrected chi connectivity index (χ4v) is 1.99. The molecule has 0 bridgehead atoms. The number of hydrogen-bond acceptors (Lipinski definition) is 1. The summed E-state index contributed by atoms with van der Waals surface area (Å²) in [7, 11) is 0. The molecular weight excluding hydrogens is 184 g/mol. The van der Waals surface area contributed by atoms with Crippen molar-refractivity contribution >= 4 is 0 Å². The van der Waals surface area contributed by atoms with E-state index < -0.39 is 0 Å². The molecule has 1 rings (SSSR count). The average Bonchev–Trinajstić information content (AvgIpc) is 2.75. The van der Waals surface area contributed by atoms with E-state index in [9.17, 15) is 5.11 Å². The molecule has 15 heavy (non-hydrogen) atoms. The van der Waals surface area contributed by atoms with Crippen LogP contribution in [0.2, 0.25) is 0 Å². The quantitative estimate of drug-likeness (QED) is 0.553. The van der Waals surface area contributed by atoms with Crippen molar-refractivity contribution < 1.29 is 5.11 Å². The number of allylic oxidation sites excluding steroid dienone is 1. The molecule has 1 saturated carbocycles. The van der Waals surface area contributed by atoms with Crippen molar-refractivity contribution in [2.24, 2.45) is 11.8 Å². The lowest BCUT2D eigenvalue weighted by Gasteiger charge is -2.13. The van der Waals surface area contributed by atoms with E-state index in [4.69, 9.17) is 0 Å². The normalized spacial score (nSPS) is 21.3. The van der Waals surface area contributed by atoms with Crippen molar-refractivity contribution in [3.63, 3.8) is 0 Å². The molecule has 84 valence electrons. The van der Waals surface area contributed by atoms with Crippen molar-refractivity contribution in [1.29, 1.82) is 0 Å². The number of hydrogen-bond donors (Lipinski definition) is 1. The van der Waals surface area contributed by atoms with Gasteiger partial charge in [-0.3, -0.25) is 0 Å². The second-order valence-corrected chi connectivity index (χ2v) is 4.53. The van der Waals surface area contributed by atoms with Crippen molar-refractivity contribution in [2.45, 2.75) is 52.1 Å². The van der Waals surface area contributed by atoms with E-state index in [1.54, 1.807) is 0 Å². The Hall–Kier alpha value is -0.740. The van der Waals surface area contributed by atoms with E-state index in [0.717, 1.165) is 6.42 Å². The van der Waals surface area contributed by atoms with Crippen LogP contribution in [0.4, 0.5) is 0 Å². The Bertz CT molecular complexity index is 250. The van der Waals surface area contributed by atoms with Gasteiger partial charge in [-0.2, -0.15) is 0 Å². The Balaban J connectivity index is 2.31. The van der Waals surface area contributed by atoms with Gasteiger partial charge in [0.2, 0.25) is 0 Å². The van der Waals surface area contributed by atoms with Gasteiger partial charge >= 0.3 is 0 Å². The summed E-state index contributed by atoms with van der Waals surface area (Å²) < 4.78 is 0. The van der Waals surface area contributed by atoms with Crippen LogP contribution in [0, 0.1) is 23.7 Å². The van der Waals surface area contributed by atoms with E-state index in [-0.39, 0.29) is 12.0 Å². The molecule has 0 saturated heterocycles. The SMILES string of the molecule is CC#CCC(C)C(O)/C=C/C1CCCC1. The molecule has 0 aliphatic heterocycles. The molecule has 0 aromatic heterocycles. The minimum absolute atomic E-state index is 0.245. The number of aliphatic hydroxyl groups excluding tert-OH is 1. The Morgan fingerprint density at radius 3 is 2.67 bits per heavy atom. The molecule has 2 unspecified atom stereocenters. The lowest BCUT2D eigenvalue weighted by Crippen LogP contribution is -2.14. The van der Waals surface area contributed by atoms with Crippen LogP contribution in [0.1, 0.15) is 46.0 Å². The van der Waals surface area contributed by atoms with Crippen LogP contribution in [0.5, 0.6) is 0 Å². The smallest absolute Gasteiger partial charge is 0.0755 e. The average molecular weight is 206 g/mol. The van der Waals surface area contributed by atoms with Gasteiger partial charge < -0.3 is 5.11 Å². The molecule has 0 aromatic rings. The molecule has 0 spiro atoms. The third-order valence-corrected chi connectivity index (χ3v) is 3.16. The first-order chi connectivity index (χ1) is 7.24. The maximum absolute atomic E-state index is 9.85. The van der Waals surface area contributed by atoms with Gasteiger partial charge in [0.05, 0.1) is 6.10 Å². The van der Waals surface area contributed by atoms with E-state index >= 15 is 0 Å². The Morgan fingerprint density at radius 2 is 2.07 bits per heavy atom. The van der Waals surface area contributed by atoms with Gasteiger partial charge in [-0.15, -0.1) is 11.8 Å². The summed E-state index contributed by atoms with van der Waals surface area (Å²) in [5, 5.41) is 9.85. The van der Waals surface area contributed by atoms with E-state index in [1.165, 1.54) is 25.7 Å². The van der Waals surface area contributed by atoms with Crippen molar-refractivity contribution in [3.05, 3.63) is 12.2 Å². The first kappa shape index (κ1) is 12.3. The third kappa shape index (κ3) is 4.53. The summed E-state index contributed by atoms with van der Waals surface area (Å²) in [5.74, 6) is 6.84. The number of aliphatic hydroxyl groups is 1. The molecule has 0 amide bonds. The van der Waals surface area contributed by atoms with Crippen molar-refractivity contribution in [1.82, 2.24) is 0 Å². The van der Waals surface area contributed by atoms with Gasteiger partial charge in [-0.05, 0) is 31.6 Å². The van der Waals surface area contributed by atoms with Gasteiger partial charge in [0, 0.05) is 6.42 Å². The van der Waals surface area contributed by atoms with Crippen LogP contribution in [-0.4, -0.2) is 11.2 Å². The molecule has 1 nitrogen and oxygen atoms in total. The monoisotopic (exact) mass is 206 g/mol. The van der Waals surface area contributed by atoms with E-state index in [2.05, 4.69) is 17.9 Å². The topological polar surface area (TPSA) is 20.2 Å². The highest BCUT2D eigenvalue weighted by atomic mass is 16.3. The second-order valence-electron chi connectivity index (χ2n) is 4.53. The number of rotatable bonds is 4. The van der Waals surface area contributed by atoms with Gasteiger partial charge in [0.1, 0.15) is 0 Å². The van der Waals surface area contributed by atoms with Crippen LogP contribution >= 0.6 is 0 Å². The Morgan fingerprint density at radius 1 is 1.40 bits per heavy atom. The molecule has 1 fully saturated rings. The maximum atomic E-state index is 9.85. The summed E-state index contributed by atoms with van der Waals surface area (Å²) in [5.41, 5.74) is 0. The van der Waals surface area contributed by atoms with Gasteiger partial charge in [-0.25, -0.2) is 0 Å². The summed E-state index contributed by atoms with van der Waals surface area (Å²) in [6.07, 6.45) is 9.92. The molecule has 1 N–H and O–H groups in total. The molecule has 1 aliphatic rings. The Labute approximate surface area is 93.6 Å². The highest BCUT2D eigenvalue weighted by Gasteiger charge is 2.14. The predicted molar refractivity (Wildman–Crippen MR) is 64.3 cm³/mol. The fraction of sp³-hybridized carbons (Fsp3) is 0.714. The van der Waals surface area contributed by atoms with Crippen LogP contribution in [-0.2, 0) is 0 Å². The molecular formula is C14H22O. The predicted octanol–water partition coefficient (Wildman–Crippen LogP) is 3.14. The molecule has 1 aliphatic carbocycles. The highest BCUT2D eigenvalue weighted by Crippen LogP contribution is 2.26. The first-order valence-corrected chi connectivity index (χ1v) is 6.00. The standard InChI is InChI=1S/C14H22O/c1-3-4-7-12(2)14(15)11-10-13-8-5-6-9-13/h10-15H,5-9H2,1-2H3/b11-10+. The minimum atomic E-state index is -0.327. The zero-order valence-electron chi connectivity index (χ0n) is 9.87. The van der Waals surface area contributed by atoms with Gasteiger partial charge in [-0.1, -0.05) is 31.9 Å². The van der Waals surface area contributed by atoms with Crippen LogP contribution in [0.3, 0.4) is 0 Å². The van der Waals surface area contributed by atoms with E-state index in [0.29, 0.717) is 5.92 Å². The third-order valence-electron chi connectivity index (χ3n) is 3.16. The van der Waals surface area contributed by atoms with Crippen LogP contribution < -0.4 is 0 Å². The van der Waals surface area contributed by atoms with Gasteiger partial charge in [0.15, 0.2) is 0 Å². The molecule has 0 radical (unpaired) electrons. The second kappa shape index (κ2) is 6.69. The summed E-state index contributed by atoms with van der Waals surface area (Å²) in [4.78, 5) is 0. The van der Waals surface area contributed by atoms with E-state index in [1.807, 2.05) is 19.9 Å². The lowest BCUT2D eigenvalue weighted by molar-refractivity contribution is 0.164. The Kier molecular flexibility index (Phi) is 5.50. The first-order valence-electron chi connectivity index (χ1n) is 6.00. The molecule has 2 atom stereocenters. The molecule has 1 heteroatoms. The highest BCUT2D eigenvalue weighted by molar-refractivity contribution is 5.01. The van der Waals surface area contributed by atoms with Gasteiger partial charge in [0.25, 0.3) is 0 Å². The van der Waals surface area contributed by atoms with Crippen LogP contribution in [0.25, 0.3) is 0 Å².